The molecule has 1 aliphatic carbocycles. The second kappa shape index (κ2) is 9.34. The molecule has 0 bridgehead atoms. The molecule has 1 amide bonds. The molecule has 8 heteroatoms. The number of carbonyl (C=O) groups is 1. The first-order valence-electron chi connectivity index (χ1n) is 7.97. The van der Waals surface area contributed by atoms with Crippen molar-refractivity contribution in [3.63, 3.8) is 0 Å². The molecule has 1 aromatic heterocycles. The summed E-state index contributed by atoms with van der Waals surface area (Å²) in [5, 5.41) is 6.16. The standard InChI is InChI=1S/C16H27N3O2S.2ClH/c1-5-13-19-11(10-22-13)7-8-18-14(20)16(17)9-12(21-6-2)15(16,3)4;;/h10,12H,5-9,17H2,1-4H3,(H,18,20);2*1H. The van der Waals surface area contributed by atoms with Gasteiger partial charge in [-0.15, -0.1) is 36.2 Å². The summed E-state index contributed by atoms with van der Waals surface area (Å²) >= 11 is 1.67. The molecule has 2 atom stereocenters. The number of nitrogens with two attached hydrogens (primary N) is 1. The molecule has 0 aliphatic heterocycles. The van der Waals surface area contributed by atoms with Gasteiger partial charge < -0.3 is 15.8 Å². The maximum absolute atomic E-state index is 12.5. The minimum absolute atomic E-state index is 0. The Hall–Kier alpha value is -0.400. The summed E-state index contributed by atoms with van der Waals surface area (Å²) in [5.41, 5.74) is 6.19. The number of ether oxygens (including phenoxy) is 1. The van der Waals surface area contributed by atoms with E-state index >= 15 is 0 Å². The van der Waals surface area contributed by atoms with E-state index in [1.807, 2.05) is 20.8 Å². The van der Waals surface area contributed by atoms with Crippen LogP contribution in [0.3, 0.4) is 0 Å². The first kappa shape index (κ1) is 23.6. The fourth-order valence-corrected chi connectivity index (χ4v) is 3.69. The minimum Gasteiger partial charge on any atom is -0.378 e. The number of thiazole rings is 1. The van der Waals surface area contributed by atoms with Crippen molar-refractivity contribution in [1.29, 1.82) is 0 Å². The van der Waals surface area contributed by atoms with Gasteiger partial charge in [0.1, 0.15) is 5.54 Å². The average Bonchev–Trinajstić information content (AvgIpc) is 2.94. The number of rotatable bonds is 7. The fourth-order valence-electron chi connectivity index (χ4n) is 2.91. The number of nitrogens with one attached hydrogen (secondary N) is 1. The van der Waals surface area contributed by atoms with E-state index in [-0.39, 0.29) is 42.2 Å². The van der Waals surface area contributed by atoms with Crippen LogP contribution >= 0.6 is 36.2 Å². The number of halogens is 2. The Morgan fingerprint density at radius 3 is 2.62 bits per heavy atom. The lowest BCUT2D eigenvalue weighted by atomic mass is 9.54. The smallest absolute Gasteiger partial charge is 0.240 e. The van der Waals surface area contributed by atoms with Gasteiger partial charge in [-0.2, -0.15) is 0 Å². The van der Waals surface area contributed by atoms with E-state index in [2.05, 4.69) is 22.6 Å². The molecule has 1 heterocycles. The van der Waals surface area contributed by atoms with Crippen LogP contribution < -0.4 is 11.1 Å². The van der Waals surface area contributed by atoms with Crippen LogP contribution in [0.4, 0.5) is 0 Å². The third-order valence-corrected chi connectivity index (χ3v) is 5.85. The molecule has 140 valence electrons. The number of nitrogens with zero attached hydrogens (tertiary/aromatic N) is 1. The van der Waals surface area contributed by atoms with E-state index < -0.39 is 5.54 Å². The van der Waals surface area contributed by atoms with Gasteiger partial charge in [0.2, 0.25) is 5.91 Å². The van der Waals surface area contributed by atoms with Crippen molar-refractivity contribution in [3.8, 4) is 0 Å². The highest BCUT2D eigenvalue weighted by Gasteiger charge is 2.62. The van der Waals surface area contributed by atoms with Gasteiger partial charge in [-0.05, 0) is 13.3 Å². The van der Waals surface area contributed by atoms with Crippen LogP contribution in [0.5, 0.6) is 0 Å². The third-order valence-electron chi connectivity index (χ3n) is 4.80. The quantitative estimate of drug-likeness (QED) is 0.741. The molecule has 1 saturated carbocycles. The SMILES string of the molecule is CCOC1CC(N)(C(=O)NCCc2csc(CC)n2)C1(C)C.Cl.Cl. The largest absolute Gasteiger partial charge is 0.378 e. The summed E-state index contributed by atoms with van der Waals surface area (Å²) in [6.45, 7) is 9.28. The predicted octanol–water partition coefficient (Wildman–Crippen LogP) is 2.74. The molecule has 3 N–H and O–H groups in total. The molecule has 1 aliphatic rings. The topological polar surface area (TPSA) is 77.2 Å². The predicted molar refractivity (Wildman–Crippen MR) is 103 cm³/mol. The molecular formula is C16H29Cl2N3O2S. The Morgan fingerprint density at radius 2 is 2.12 bits per heavy atom. The van der Waals surface area contributed by atoms with Gasteiger partial charge in [-0.25, -0.2) is 4.98 Å². The zero-order valence-corrected chi connectivity index (χ0v) is 17.2. The second-order valence-corrected chi connectivity index (χ2v) is 7.38. The summed E-state index contributed by atoms with van der Waals surface area (Å²) in [6, 6.07) is 0. The lowest BCUT2D eigenvalue weighted by Gasteiger charge is -2.57. The van der Waals surface area contributed by atoms with Gasteiger partial charge in [0.05, 0.1) is 16.8 Å². The van der Waals surface area contributed by atoms with Crippen molar-refractivity contribution in [3.05, 3.63) is 16.1 Å². The van der Waals surface area contributed by atoms with Crippen molar-refractivity contribution in [1.82, 2.24) is 10.3 Å². The van der Waals surface area contributed by atoms with E-state index in [4.69, 9.17) is 10.5 Å². The highest BCUT2D eigenvalue weighted by Crippen LogP contribution is 2.49. The van der Waals surface area contributed by atoms with Crippen LogP contribution in [0.25, 0.3) is 0 Å². The van der Waals surface area contributed by atoms with Gasteiger partial charge in [-0.1, -0.05) is 20.8 Å². The van der Waals surface area contributed by atoms with Crippen LogP contribution in [-0.4, -0.2) is 35.7 Å². The van der Waals surface area contributed by atoms with Gasteiger partial charge in [-0.3, -0.25) is 4.79 Å². The molecule has 0 saturated heterocycles. The van der Waals surface area contributed by atoms with Gasteiger partial charge >= 0.3 is 0 Å². The van der Waals surface area contributed by atoms with Crippen molar-refractivity contribution >= 4 is 42.1 Å². The van der Waals surface area contributed by atoms with Crippen LogP contribution in [0, 0.1) is 5.41 Å². The molecule has 0 radical (unpaired) electrons. The van der Waals surface area contributed by atoms with Crippen LogP contribution in [0.2, 0.25) is 0 Å². The van der Waals surface area contributed by atoms with Crippen LogP contribution in [-0.2, 0) is 22.4 Å². The van der Waals surface area contributed by atoms with Gasteiger partial charge in [0.25, 0.3) is 0 Å². The summed E-state index contributed by atoms with van der Waals surface area (Å²) in [7, 11) is 0. The molecule has 1 aromatic rings. The van der Waals surface area contributed by atoms with Crippen molar-refractivity contribution in [2.75, 3.05) is 13.2 Å². The Kier molecular flexibility index (Phi) is 9.18. The number of amides is 1. The molecule has 2 unspecified atom stereocenters. The maximum atomic E-state index is 12.5. The van der Waals surface area contributed by atoms with E-state index in [0.29, 0.717) is 19.6 Å². The zero-order chi connectivity index (χ0) is 16.4. The average molecular weight is 398 g/mol. The molecule has 2 rings (SSSR count). The highest BCUT2D eigenvalue weighted by atomic mass is 35.5. The van der Waals surface area contributed by atoms with Crippen LogP contribution in [0.15, 0.2) is 5.38 Å². The molecule has 24 heavy (non-hydrogen) atoms. The number of aryl methyl sites for hydroxylation is 1. The van der Waals surface area contributed by atoms with E-state index in [1.165, 1.54) is 0 Å². The summed E-state index contributed by atoms with van der Waals surface area (Å²) in [4.78, 5) is 17.0. The van der Waals surface area contributed by atoms with Crippen molar-refractivity contribution < 1.29 is 9.53 Å². The first-order valence-corrected chi connectivity index (χ1v) is 8.85. The number of hydrogen-bond acceptors (Lipinski definition) is 5. The third kappa shape index (κ3) is 4.41. The maximum Gasteiger partial charge on any atom is 0.240 e. The number of aromatic nitrogens is 1. The Labute approximate surface area is 161 Å². The Morgan fingerprint density at radius 1 is 1.46 bits per heavy atom. The Balaban J connectivity index is 0.00000264. The lowest BCUT2D eigenvalue weighted by molar-refractivity contribution is -0.170. The second-order valence-electron chi connectivity index (χ2n) is 6.43. The van der Waals surface area contributed by atoms with Crippen molar-refractivity contribution in [2.45, 2.75) is 58.6 Å². The lowest BCUT2D eigenvalue weighted by Crippen LogP contribution is -2.75. The minimum atomic E-state index is -0.844. The van der Waals surface area contributed by atoms with E-state index in [0.717, 1.165) is 23.5 Å². The van der Waals surface area contributed by atoms with E-state index in [1.54, 1.807) is 11.3 Å². The van der Waals surface area contributed by atoms with Gasteiger partial charge in [0, 0.05) is 36.8 Å². The summed E-state index contributed by atoms with van der Waals surface area (Å²) in [5.74, 6) is -0.0839. The molecule has 5 nitrogen and oxygen atoms in total. The monoisotopic (exact) mass is 397 g/mol. The van der Waals surface area contributed by atoms with Crippen molar-refractivity contribution in [2.24, 2.45) is 11.1 Å². The Bertz CT molecular complexity index is 539. The van der Waals surface area contributed by atoms with Gasteiger partial charge in [0.15, 0.2) is 0 Å². The highest BCUT2D eigenvalue weighted by molar-refractivity contribution is 7.09. The van der Waals surface area contributed by atoms with Crippen LogP contribution in [0.1, 0.15) is 44.8 Å². The molecule has 0 spiro atoms. The first-order chi connectivity index (χ1) is 10.3. The summed E-state index contributed by atoms with van der Waals surface area (Å²) in [6.07, 6.45) is 2.33. The summed E-state index contributed by atoms with van der Waals surface area (Å²) < 4.78 is 5.66. The molecular weight excluding hydrogens is 369 g/mol. The fraction of sp³-hybridized carbons (Fsp3) is 0.750. The normalized spacial score (nSPS) is 24.3. The zero-order valence-electron chi connectivity index (χ0n) is 14.8. The molecule has 1 fully saturated rings. The van der Waals surface area contributed by atoms with E-state index in [9.17, 15) is 4.79 Å². The number of carbonyl (C=O) groups excluding carboxylic acids is 1. The molecule has 0 aromatic carbocycles. The number of hydrogen-bond donors (Lipinski definition) is 2.